The van der Waals surface area contributed by atoms with Crippen LogP contribution < -0.4 is 0 Å². The van der Waals surface area contributed by atoms with E-state index in [2.05, 4.69) is 27.7 Å². The van der Waals surface area contributed by atoms with E-state index in [0.29, 0.717) is 17.6 Å². The minimum Gasteiger partial charge on any atom is -0.300 e. The molecule has 0 aromatic carbocycles. The number of ketones is 1. The summed E-state index contributed by atoms with van der Waals surface area (Å²) in [7, 11) is 0. The normalized spacial score (nSPS) is 13.9. The van der Waals surface area contributed by atoms with Crippen molar-refractivity contribution in [1.82, 2.24) is 0 Å². The smallest absolute Gasteiger partial charge is 0.133 e. The van der Waals surface area contributed by atoms with Crippen molar-refractivity contribution in [3.05, 3.63) is 0 Å². The Hall–Kier alpha value is -0.330. The zero-order chi connectivity index (χ0) is 9.72. The van der Waals surface area contributed by atoms with Gasteiger partial charge < -0.3 is 0 Å². The van der Waals surface area contributed by atoms with Crippen molar-refractivity contribution in [3.8, 4) is 0 Å². The Kier molecular flexibility index (Phi) is 5.19. The Morgan fingerprint density at radius 3 is 1.83 bits per heavy atom. The lowest BCUT2D eigenvalue weighted by Gasteiger charge is -2.18. The molecule has 1 nitrogen and oxygen atoms in total. The van der Waals surface area contributed by atoms with E-state index in [4.69, 9.17) is 0 Å². The fraction of sp³-hybridized carbons (Fsp3) is 0.909. The predicted octanol–water partition coefficient (Wildman–Crippen LogP) is 3.28. The number of hydrogen-bond acceptors (Lipinski definition) is 1. The van der Waals surface area contributed by atoms with Gasteiger partial charge in [-0.15, -0.1) is 0 Å². The first-order chi connectivity index (χ1) is 5.45. The van der Waals surface area contributed by atoms with Crippen LogP contribution in [0.5, 0.6) is 0 Å². The number of rotatable bonds is 5. The maximum Gasteiger partial charge on any atom is 0.133 e. The lowest BCUT2D eigenvalue weighted by Crippen LogP contribution is -2.17. The Balaban J connectivity index is 3.88. The molecule has 0 N–H and O–H groups in total. The van der Waals surface area contributed by atoms with Crippen molar-refractivity contribution in [2.24, 2.45) is 17.8 Å². The van der Waals surface area contributed by atoms with E-state index in [1.165, 1.54) is 6.42 Å². The van der Waals surface area contributed by atoms with E-state index in [-0.39, 0.29) is 5.92 Å². The highest BCUT2D eigenvalue weighted by atomic mass is 16.1. The van der Waals surface area contributed by atoms with Crippen molar-refractivity contribution >= 4 is 5.78 Å². The number of carbonyl (C=O) groups excluding carboxylic acids is 1. The molecule has 1 atom stereocenters. The first-order valence-electron chi connectivity index (χ1n) is 4.95. The van der Waals surface area contributed by atoms with Gasteiger partial charge in [0.15, 0.2) is 0 Å². The van der Waals surface area contributed by atoms with E-state index in [0.717, 1.165) is 6.42 Å². The monoisotopic (exact) mass is 170 g/mol. The molecule has 0 aliphatic heterocycles. The predicted molar refractivity (Wildman–Crippen MR) is 53.1 cm³/mol. The third-order valence-corrected chi connectivity index (χ3v) is 2.38. The van der Waals surface area contributed by atoms with Gasteiger partial charge in [0.1, 0.15) is 5.78 Å². The second-order valence-electron chi connectivity index (χ2n) is 4.43. The van der Waals surface area contributed by atoms with Gasteiger partial charge in [0.05, 0.1) is 0 Å². The molecule has 0 bridgehead atoms. The molecule has 0 radical (unpaired) electrons. The molecule has 1 heteroatoms. The van der Waals surface area contributed by atoms with Crippen LogP contribution in [0.25, 0.3) is 0 Å². The Morgan fingerprint density at radius 1 is 1.08 bits per heavy atom. The third kappa shape index (κ3) is 4.53. The van der Waals surface area contributed by atoms with Gasteiger partial charge in [-0.3, -0.25) is 4.79 Å². The molecule has 0 aliphatic carbocycles. The number of hydrogen-bond donors (Lipinski definition) is 0. The van der Waals surface area contributed by atoms with Gasteiger partial charge in [0.25, 0.3) is 0 Å². The highest BCUT2D eigenvalue weighted by molar-refractivity contribution is 5.78. The van der Waals surface area contributed by atoms with Crippen molar-refractivity contribution in [3.63, 3.8) is 0 Å². The first-order valence-corrected chi connectivity index (χ1v) is 4.95. The molecule has 72 valence electrons. The third-order valence-electron chi connectivity index (χ3n) is 2.38. The topological polar surface area (TPSA) is 17.1 Å². The summed E-state index contributed by atoms with van der Waals surface area (Å²) in [6.45, 7) is 10.4. The summed E-state index contributed by atoms with van der Waals surface area (Å²) in [6, 6.07) is 0. The second-order valence-corrected chi connectivity index (χ2v) is 4.43. The summed E-state index contributed by atoms with van der Waals surface area (Å²) in [6.07, 6.45) is 2.23. The van der Waals surface area contributed by atoms with Gasteiger partial charge in [-0.1, -0.05) is 34.1 Å². The summed E-state index contributed by atoms with van der Waals surface area (Å²) in [5, 5.41) is 0. The van der Waals surface area contributed by atoms with Crippen LogP contribution in [-0.4, -0.2) is 5.78 Å². The van der Waals surface area contributed by atoms with Crippen LogP contribution in [0.2, 0.25) is 0 Å². The van der Waals surface area contributed by atoms with Crippen LogP contribution in [0.1, 0.15) is 47.5 Å². The van der Waals surface area contributed by atoms with Crippen molar-refractivity contribution in [1.29, 1.82) is 0 Å². The van der Waals surface area contributed by atoms with E-state index in [9.17, 15) is 4.79 Å². The molecule has 0 aromatic heterocycles. The molecule has 0 saturated heterocycles. The van der Waals surface area contributed by atoms with E-state index in [1.807, 2.05) is 0 Å². The van der Waals surface area contributed by atoms with Gasteiger partial charge in [0, 0.05) is 5.92 Å². The fourth-order valence-electron chi connectivity index (χ4n) is 1.52. The molecule has 0 fully saturated rings. The summed E-state index contributed by atoms with van der Waals surface area (Å²) in [5.41, 5.74) is 0. The minimum absolute atomic E-state index is 0.285. The van der Waals surface area contributed by atoms with Gasteiger partial charge >= 0.3 is 0 Å². The van der Waals surface area contributed by atoms with Gasteiger partial charge in [-0.25, -0.2) is 0 Å². The Labute approximate surface area is 76.6 Å². The number of carbonyl (C=O) groups is 1. The second kappa shape index (κ2) is 5.34. The van der Waals surface area contributed by atoms with Crippen LogP contribution in [0.3, 0.4) is 0 Å². The van der Waals surface area contributed by atoms with Crippen molar-refractivity contribution < 1.29 is 4.79 Å². The molecule has 1 unspecified atom stereocenters. The van der Waals surface area contributed by atoms with Gasteiger partial charge in [0.2, 0.25) is 0 Å². The largest absolute Gasteiger partial charge is 0.300 e. The van der Waals surface area contributed by atoms with E-state index in [1.54, 1.807) is 6.92 Å². The summed E-state index contributed by atoms with van der Waals surface area (Å²) in [4.78, 5) is 11.2. The molecule has 0 heterocycles. The number of Topliss-reactive ketones (excluding diaryl/α,β-unsaturated/α-hetero) is 1. The lowest BCUT2D eigenvalue weighted by molar-refractivity contribution is -0.122. The van der Waals surface area contributed by atoms with Crippen LogP contribution in [0.4, 0.5) is 0 Å². The average Bonchev–Trinajstić information content (AvgIpc) is 1.84. The maximum atomic E-state index is 11.2. The van der Waals surface area contributed by atoms with Gasteiger partial charge in [-0.2, -0.15) is 0 Å². The molecule has 12 heavy (non-hydrogen) atoms. The molecule has 0 aliphatic rings. The quantitative estimate of drug-likeness (QED) is 0.619. The van der Waals surface area contributed by atoms with E-state index >= 15 is 0 Å². The van der Waals surface area contributed by atoms with Crippen molar-refractivity contribution in [2.75, 3.05) is 0 Å². The summed E-state index contributed by atoms with van der Waals surface area (Å²) < 4.78 is 0. The molecular weight excluding hydrogens is 148 g/mol. The van der Waals surface area contributed by atoms with Crippen LogP contribution >= 0.6 is 0 Å². The van der Waals surface area contributed by atoms with Crippen LogP contribution in [0, 0.1) is 17.8 Å². The fourth-order valence-corrected chi connectivity index (χ4v) is 1.52. The molecule has 0 amide bonds. The Bertz CT molecular complexity index is 136. The molecule has 0 spiro atoms. The van der Waals surface area contributed by atoms with Gasteiger partial charge in [-0.05, 0) is 25.2 Å². The standard InChI is InChI=1S/C11H22O/c1-8(2)6-7-11(9(3)4)10(5)12/h8-9,11H,6-7H2,1-5H3. The highest BCUT2D eigenvalue weighted by Gasteiger charge is 2.17. The van der Waals surface area contributed by atoms with Crippen LogP contribution in [0.15, 0.2) is 0 Å². The Morgan fingerprint density at radius 2 is 1.58 bits per heavy atom. The zero-order valence-electron chi connectivity index (χ0n) is 9.05. The lowest BCUT2D eigenvalue weighted by atomic mass is 9.86. The molecule has 0 rings (SSSR count). The molecular formula is C11H22O. The average molecular weight is 170 g/mol. The SMILES string of the molecule is CC(=O)C(CCC(C)C)C(C)C. The van der Waals surface area contributed by atoms with Crippen molar-refractivity contribution in [2.45, 2.75) is 47.5 Å². The highest BCUT2D eigenvalue weighted by Crippen LogP contribution is 2.20. The molecule has 0 aromatic rings. The van der Waals surface area contributed by atoms with Crippen LogP contribution in [-0.2, 0) is 4.79 Å². The maximum absolute atomic E-state index is 11.2. The minimum atomic E-state index is 0.285. The molecule has 0 saturated carbocycles. The first kappa shape index (κ1) is 11.7. The summed E-state index contributed by atoms with van der Waals surface area (Å²) in [5.74, 6) is 1.85. The summed E-state index contributed by atoms with van der Waals surface area (Å²) >= 11 is 0. The zero-order valence-corrected chi connectivity index (χ0v) is 9.05. The van der Waals surface area contributed by atoms with E-state index < -0.39 is 0 Å².